The molecular weight excluding hydrogens is 381 g/mol. The molecule has 0 saturated carbocycles. The number of primary amides is 1. The van der Waals surface area contributed by atoms with Gasteiger partial charge in [0.15, 0.2) is 0 Å². The maximum absolute atomic E-state index is 12.1. The molecule has 1 atom stereocenters. The number of alkyl halides is 3. The van der Waals surface area contributed by atoms with E-state index in [1.165, 1.54) is 0 Å². The number of likely N-dealkylation sites (tertiary alicyclic amines) is 1. The maximum Gasteiger partial charge on any atom is 0.490 e. The number of halogens is 3. The fourth-order valence-electron chi connectivity index (χ4n) is 2.72. The fraction of sp³-hybridized carbons (Fsp3) is 0.294. The lowest BCUT2D eigenvalue weighted by atomic mass is 10.1. The minimum atomic E-state index is -5.08. The molecule has 1 saturated heterocycles. The molecule has 1 aliphatic heterocycles. The number of carboxylic acid groups (broad SMARTS) is 1. The van der Waals surface area contributed by atoms with E-state index in [2.05, 4.69) is 4.98 Å². The molecule has 0 bridgehead atoms. The van der Waals surface area contributed by atoms with Gasteiger partial charge in [0, 0.05) is 24.7 Å². The third kappa shape index (κ3) is 4.87. The Morgan fingerprint density at radius 1 is 1.29 bits per heavy atom. The topological polar surface area (TPSA) is 140 Å². The summed E-state index contributed by atoms with van der Waals surface area (Å²) in [6, 6.07) is 7.73. The molecular formula is C17H17F3N4O4. The van der Waals surface area contributed by atoms with Crippen molar-refractivity contribution in [1.29, 1.82) is 0 Å². The average molecular weight is 398 g/mol. The molecule has 1 fully saturated rings. The standard InChI is InChI=1S/C15H16N4O2.C2HF3O2/c16-13-12-7-9(1-2-10(12)3-5-18-13)8-19-6-4-11(14(17)20)15(19)21;3-2(4,5)1(6)7/h1-3,5,7,11H,4,6,8H2,(H2,16,18)(H2,17,20);(H,6,7)/t11-;/m1./s1. The largest absolute Gasteiger partial charge is 0.490 e. The smallest absolute Gasteiger partial charge is 0.475 e. The first kappa shape index (κ1) is 20.9. The van der Waals surface area contributed by atoms with E-state index in [0.29, 0.717) is 25.3 Å². The van der Waals surface area contributed by atoms with Gasteiger partial charge in [0.05, 0.1) is 0 Å². The molecule has 2 heterocycles. The number of hydrogen-bond acceptors (Lipinski definition) is 5. The molecule has 1 aliphatic rings. The number of carbonyl (C=O) groups is 3. The molecule has 150 valence electrons. The number of nitrogens with two attached hydrogens (primary N) is 2. The number of carbonyl (C=O) groups excluding carboxylic acids is 2. The molecule has 11 heteroatoms. The van der Waals surface area contributed by atoms with Crippen LogP contribution in [0.1, 0.15) is 12.0 Å². The lowest BCUT2D eigenvalue weighted by Crippen LogP contribution is -2.33. The summed E-state index contributed by atoms with van der Waals surface area (Å²) < 4.78 is 31.7. The summed E-state index contributed by atoms with van der Waals surface area (Å²) in [5, 5.41) is 9.00. The number of hydrogen-bond donors (Lipinski definition) is 3. The van der Waals surface area contributed by atoms with Gasteiger partial charge in [-0.15, -0.1) is 0 Å². The number of fused-ring (bicyclic) bond motifs is 1. The van der Waals surface area contributed by atoms with Crippen molar-refractivity contribution < 1.29 is 32.7 Å². The number of pyridine rings is 1. The number of carboxylic acids is 1. The minimum absolute atomic E-state index is 0.193. The van der Waals surface area contributed by atoms with Crippen molar-refractivity contribution >= 4 is 34.4 Å². The van der Waals surface area contributed by atoms with Crippen LogP contribution in [0.25, 0.3) is 10.8 Å². The van der Waals surface area contributed by atoms with Crippen LogP contribution in [-0.2, 0) is 20.9 Å². The highest BCUT2D eigenvalue weighted by atomic mass is 19.4. The van der Waals surface area contributed by atoms with E-state index in [0.717, 1.165) is 16.3 Å². The monoisotopic (exact) mass is 398 g/mol. The number of nitrogens with zero attached hydrogens (tertiary/aromatic N) is 2. The van der Waals surface area contributed by atoms with Crippen LogP contribution in [0.2, 0.25) is 0 Å². The molecule has 2 aromatic rings. The maximum atomic E-state index is 12.1. The molecule has 0 aliphatic carbocycles. The first-order chi connectivity index (χ1) is 13.0. The van der Waals surface area contributed by atoms with E-state index in [1.807, 2.05) is 24.3 Å². The van der Waals surface area contributed by atoms with Crippen molar-refractivity contribution in [3.63, 3.8) is 0 Å². The summed E-state index contributed by atoms with van der Waals surface area (Å²) in [6.45, 7) is 1.000. The van der Waals surface area contributed by atoms with Crippen molar-refractivity contribution in [2.75, 3.05) is 12.3 Å². The number of rotatable bonds is 3. The first-order valence-corrected chi connectivity index (χ1v) is 8.02. The van der Waals surface area contributed by atoms with Gasteiger partial charge in [-0.3, -0.25) is 9.59 Å². The SMILES string of the molecule is NC(=O)[C@H]1CCN(Cc2ccc3ccnc(N)c3c2)C1=O.O=C(O)C(F)(F)F. The summed E-state index contributed by atoms with van der Waals surface area (Å²) >= 11 is 0. The van der Waals surface area contributed by atoms with Crippen LogP contribution in [0.3, 0.4) is 0 Å². The molecule has 1 aromatic carbocycles. The highest BCUT2D eigenvalue weighted by Crippen LogP contribution is 2.24. The first-order valence-electron chi connectivity index (χ1n) is 8.02. The van der Waals surface area contributed by atoms with Gasteiger partial charge in [0.25, 0.3) is 0 Å². The van der Waals surface area contributed by atoms with Crippen LogP contribution in [0.15, 0.2) is 30.5 Å². The predicted molar refractivity (Wildman–Crippen MR) is 92.6 cm³/mol. The summed E-state index contributed by atoms with van der Waals surface area (Å²) in [5.41, 5.74) is 12.1. The van der Waals surface area contributed by atoms with E-state index < -0.39 is 24.0 Å². The van der Waals surface area contributed by atoms with Crippen molar-refractivity contribution in [3.8, 4) is 0 Å². The minimum Gasteiger partial charge on any atom is -0.475 e. The van der Waals surface area contributed by atoms with Crippen LogP contribution in [-0.4, -0.2) is 45.5 Å². The van der Waals surface area contributed by atoms with Crippen LogP contribution in [0.5, 0.6) is 0 Å². The summed E-state index contributed by atoms with van der Waals surface area (Å²) in [6.07, 6.45) is -2.93. The van der Waals surface area contributed by atoms with E-state index >= 15 is 0 Å². The third-order valence-corrected chi connectivity index (χ3v) is 4.12. The highest BCUT2D eigenvalue weighted by Gasteiger charge is 2.38. The number of aliphatic carboxylic acids is 1. The molecule has 0 unspecified atom stereocenters. The Labute approximate surface area is 156 Å². The van der Waals surface area contributed by atoms with Crippen molar-refractivity contribution in [2.24, 2.45) is 11.7 Å². The van der Waals surface area contributed by atoms with E-state index in [9.17, 15) is 22.8 Å². The predicted octanol–water partition coefficient (Wildman–Crippen LogP) is 1.28. The van der Waals surface area contributed by atoms with Crippen LogP contribution < -0.4 is 11.5 Å². The summed E-state index contributed by atoms with van der Waals surface area (Å²) in [5.74, 6) is -3.71. The Morgan fingerprint density at radius 2 is 1.93 bits per heavy atom. The number of benzene rings is 1. The Morgan fingerprint density at radius 3 is 2.46 bits per heavy atom. The van der Waals surface area contributed by atoms with Crippen molar-refractivity contribution in [2.45, 2.75) is 19.1 Å². The Hall–Kier alpha value is -3.37. The van der Waals surface area contributed by atoms with Crippen molar-refractivity contribution in [3.05, 3.63) is 36.0 Å². The third-order valence-electron chi connectivity index (χ3n) is 4.12. The van der Waals surface area contributed by atoms with Crippen LogP contribution in [0, 0.1) is 5.92 Å². The quantitative estimate of drug-likeness (QED) is 0.666. The van der Waals surface area contributed by atoms with Crippen molar-refractivity contribution in [1.82, 2.24) is 9.88 Å². The van der Waals surface area contributed by atoms with Gasteiger partial charge in [-0.1, -0.05) is 12.1 Å². The number of amides is 2. The zero-order valence-corrected chi connectivity index (χ0v) is 14.4. The van der Waals surface area contributed by atoms with Crippen LogP contribution in [0.4, 0.5) is 19.0 Å². The van der Waals surface area contributed by atoms with Gasteiger partial charge in [0.2, 0.25) is 11.8 Å². The fourth-order valence-corrected chi connectivity index (χ4v) is 2.72. The van der Waals surface area contributed by atoms with Gasteiger partial charge in [-0.2, -0.15) is 13.2 Å². The Balaban J connectivity index is 0.000000345. The zero-order chi connectivity index (χ0) is 21.1. The number of nitrogen functional groups attached to an aromatic ring is 1. The average Bonchev–Trinajstić information content (AvgIpc) is 2.96. The van der Waals surface area contributed by atoms with Crippen LogP contribution >= 0.6 is 0 Å². The van der Waals surface area contributed by atoms with E-state index in [-0.39, 0.29) is 5.91 Å². The highest BCUT2D eigenvalue weighted by molar-refractivity contribution is 6.01. The molecule has 1 aromatic heterocycles. The molecule has 28 heavy (non-hydrogen) atoms. The molecule has 0 radical (unpaired) electrons. The normalized spacial score (nSPS) is 16.6. The zero-order valence-electron chi connectivity index (χ0n) is 14.4. The molecule has 3 rings (SSSR count). The molecule has 5 N–H and O–H groups in total. The second-order valence-corrected chi connectivity index (χ2v) is 6.06. The molecule has 8 nitrogen and oxygen atoms in total. The van der Waals surface area contributed by atoms with Gasteiger partial charge in [0.1, 0.15) is 11.7 Å². The Kier molecular flexibility index (Phi) is 6.06. The number of anilines is 1. The number of aromatic nitrogens is 1. The summed E-state index contributed by atoms with van der Waals surface area (Å²) in [7, 11) is 0. The summed E-state index contributed by atoms with van der Waals surface area (Å²) in [4.78, 5) is 37.9. The van der Waals surface area contributed by atoms with Gasteiger partial charge in [-0.05, 0) is 29.5 Å². The van der Waals surface area contributed by atoms with Gasteiger partial charge < -0.3 is 21.5 Å². The second kappa shape index (κ2) is 8.11. The molecule has 2 amide bonds. The Bertz CT molecular complexity index is 917. The second-order valence-electron chi connectivity index (χ2n) is 6.06. The molecule has 0 spiro atoms. The van der Waals surface area contributed by atoms with E-state index in [1.54, 1.807) is 11.1 Å². The van der Waals surface area contributed by atoms with E-state index in [4.69, 9.17) is 21.4 Å². The lowest BCUT2D eigenvalue weighted by molar-refractivity contribution is -0.192. The lowest BCUT2D eigenvalue weighted by Gasteiger charge is -2.16. The van der Waals surface area contributed by atoms with Gasteiger partial charge >= 0.3 is 12.1 Å². The van der Waals surface area contributed by atoms with Gasteiger partial charge in [-0.25, -0.2) is 9.78 Å².